The van der Waals surface area contributed by atoms with Gasteiger partial charge in [0.15, 0.2) is 5.82 Å². The first-order chi connectivity index (χ1) is 15.9. The number of nitrogens with zero attached hydrogens (tertiary/aromatic N) is 4. The van der Waals surface area contributed by atoms with E-state index in [-0.39, 0.29) is 11.8 Å². The minimum absolute atomic E-state index is 0.0340. The van der Waals surface area contributed by atoms with E-state index in [0.717, 1.165) is 12.0 Å². The van der Waals surface area contributed by atoms with Crippen LogP contribution in [0.15, 0.2) is 67.4 Å². The zero-order valence-corrected chi connectivity index (χ0v) is 19.2. The highest BCUT2D eigenvalue weighted by atomic mass is 16.2. The predicted molar refractivity (Wildman–Crippen MR) is 127 cm³/mol. The van der Waals surface area contributed by atoms with E-state index < -0.39 is 11.6 Å². The van der Waals surface area contributed by atoms with E-state index in [4.69, 9.17) is 0 Å². The Morgan fingerprint density at radius 1 is 1.12 bits per heavy atom. The number of likely N-dealkylation sites (tertiary alicyclic amines) is 1. The molecule has 1 saturated heterocycles. The van der Waals surface area contributed by atoms with Gasteiger partial charge in [-0.25, -0.2) is 4.98 Å². The third-order valence-corrected chi connectivity index (χ3v) is 6.34. The standard InChI is InChI=1S/C25H30N6O2/c1-25(2,24(33)30-14-11-20(15-30)18-9-12-27-13-10-18)31-16-21(28-17-31)29-23(32)22(26-3)19-7-5-4-6-8-19/h4-10,12-13,16-17,20,22,26H,11,14-15H2,1-3H3,(H,29,32)/t20?,22-/m0/s1. The van der Waals surface area contributed by atoms with Crippen molar-refractivity contribution in [1.29, 1.82) is 0 Å². The van der Waals surface area contributed by atoms with Crippen molar-refractivity contribution < 1.29 is 9.59 Å². The number of rotatable bonds is 7. The highest BCUT2D eigenvalue weighted by Crippen LogP contribution is 2.30. The van der Waals surface area contributed by atoms with Gasteiger partial charge in [0.2, 0.25) is 11.8 Å². The molecule has 8 nitrogen and oxygen atoms in total. The normalized spacial score (nSPS) is 17.1. The number of carbonyl (C=O) groups excluding carboxylic acids is 2. The second-order valence-electron chi connectivity index (χ2n) is 8.86. The minimum Gasteiger partial charge on any atom is -0.340 e. The third-order valence-electron chi connectivity index (χ3n) is 6.34. The van der Waals surface area contributed by atoms with Gasteiger partial charge in [-0.2, -0.15) is 0 Å². The van der Waals surface area contributed by atoms with Gasteiger partial charge in [-0.3, -0.25) is 14.6 Å². The second-order valence-corrected chi connectivity index (χ2v) is 8.86. The Bertz CT molecular complexity index is 1100. The van der Waals surface area contributed by atoms with Crippen LogP contribution in [0, 0.1) is 0 Å². The second kappa shape index (κ2) is 9.54. The zero-order valence-electron chi connectivity index (χ0n) is 19.2. The van der Waals surface area contributed by atoms with Gasteiger partial charge in [0.1, 0.15) is 11.6 Å². The third kappa shape index (κ3) is 4.80. The van der Waals surface area contributed by atoms with Crippen molar-refractivity contribution in [2.45, 2.75) is 37.8 Å². The Balaban J connectivity index is 1.42. The molecule has 0 bridgehead atoms. The van der Waals surface area contributed by atoms with Crippen LogP contribution in [0.2, 0.25) is 0 Å². The van der Waals surface area contributed by atoms with Crippen molar-refractivity contribution in [2.75, 3.05) is 25.5 Å². The van der Waals surface area contributed by atoms with Crippen molar-refractivity contribution in [3.05, 3.63) is 78.5 Å². The van der Waals surface area contributed by atoms with Crippen molar-refractivity contribution in [2.24, 2.45) is 0 Å². The summed E-state index contributed by atoms with van der Waals surface area (Å²) in [5.74, 6) is 0.555. The fourth-order valence-electron chi connectivity index (χ4n) is 4.34. The lowest BCUT2D eigenvalue weighted by Crippen LogP contribution is -2.45. The summed E-state index contributed by atoms with van der Waals surface area (Å²) in [5.41, 5.74) is 1.25. The maximum absolute atomic E-state index is 13.4. The summed E-state index contributed by atoms with van der Waals surface area (Å²) in [6, 6.07) is 13.0. The Morgan fingerprint density at radius 3 is 2.55 bits per heavy atom. The van der Waals surface area contributed by atoms with E-state index in [0.29, 0.717) is 24.8 Å². The maximum Gasteiger partial charge on any atom is 0.248 e. The molecule has 3 heterocycles. The van der Waals surface area contributed by atoms with Crippen LogP contribution in [0.1, 0.15) is 43.4 Å². The van der Waals surface area contributed by atoms with E-state index in [2.05, 4.69) is 20.6 Å². The highest BCUT2D eigenvalue weighted by molar-refractivity contribution is 5.94. The van der Waals surface area contributed by atoms with Gasteiger partial charge in [-0.1, -0.05) is 30.3 Å². The summed E-state index contributed by atoms with van der Waals surface area (Å²) in [6.45, 7) is 5.16. The number of amides is 2. The minimum atomic E-state index is -0.828. The van der Waals surface area contributed by atoms with E-state index in [1.807, 2.05) is 61.2 Å². The monoisotopic (exact) mass is 446 g/mol. The van der Waals surface area contributed by atoms with Crippen molar-refractivity contribution in [3.63, 3.8) is 0 Å². The smallest absolute Gasteiger partial charge is 0.248 e. The molecule has 1 fully saturated rings. The molecule has 2 amide bonds. The van der Waals surface area contributed by atoms with Crippen LogP contribution in [-0.4, -0.2) is 51.4 Å². The number of benzene rings is 1. The van der Waals surface area contributed by atoms with E-state index in [1.165, 1.54) is 5.56 Å². The van der Waals surface area contributed by atoms with Gasteiger partial charge < -0.3 is 20.1 Å². The molecular formula is C25H30N6O2. The van der Waals surface area contributed by atoms with Gasteiger partial charge in [0.25, 0.3) is 0 Å². The molecular weight excluding hydrogens is 416 g/mol. The summed E-state index contributed by atoms with van der Waals surface area (Å²) >= 11 is 0. The summed E-state index contributed by atoms with van der Waals surface area (Å²) in [4.78, 5) is 36.5. The number of pyridine rings is 1. The van der Waals surface area contributed by atoms with Crippen molar-refractivity contribution >= 4 is 17.6 Å². The van der Waals surface area contributed by atoms with Crippen LogP contribution >= 0.6 is 0 Å². The first-order valence-corrected chi connectivity index (χ1v) is 11.2. The zero-order chi connectivity index (χ0) is 23.4. The van der Waals surface area contributed by atoms with Crippen LogP contribution in [0.4, 0.5) is 5.82 Å². The average Bonchev–Trinajstić information content (AvgIpc) is 3.51. The summed E-state index contributed by atoms with van der Waals surface area (Å²) in [6.07, 6.45) is 7.83. The Hall–Kier alpha value is -3.52. The molecule has 4 rings (SSSR count). The highest BCUT2D eigenvalue weighted by Gasteiger charge is 2.37. The topological polar surface area (TPSA) is 92.2 Å². The average molecular weight is 447 g/mol. The molecule has 1 aliphatic heterocycles. The predicted octanol–water partition coefficient (Wildman–Crippen LogP) is 2.93. The molecule has 33 heavy (non-hydrogen) atoms. The molecule has 2 N–H and O–H groups in total. The Morgan fingerprint density at radius 2 is 1.85 bits per heavy atom. The van der Waals surface area contributed by atoms with Gasteiger partial charge in [0, 0.05) is 37.6 Å². The van der Waals surface area contributed by atoms with Crippen LogP contribution in [-0.2, 0) is 15.1 Å². The molecule has 172 valence electrons. The van der Waals surface area contributed by atoms with Crippen LogP contribution in [0.5, 0.6) is 0 Å². The fourth-order valence-corrected chi connectivity index (χ4v) is 4.34. The number of likely N-dealkylation sites (N-methyl/N-ethyl adjacent to an activating group) is 1. The molecule has 1 unspecified atom stereocenters. The van der Waals surface area contributed by atoms with Gasteiger partial charge in [-0.05, 0) is 50.6 Å². The number of imidazole rings is 1. The Labute approximate surface area is 194 Å². The first-order valence-electron chi connectivity index (χ1n) is 11.2. The van der Waals surface area contributed by atoms with E-state index in [9.17, 15) is 9.59 Å². The fraction of sp³-hybridized carbons (Fsp3) is 0.360. The number of aromatic nitrogens is 3. The summed E-state index contributed by atoms with van der Waals surface area (Å²) < 4.78 is 1.77. The number of hydrogen-bond acceptors (Lipinski definition) is 5. The molecule has 3 aromatic rings. The van der Waals surface area contributed by atoms with Crippen molar-refractivity contribution in [3.8, 4) is 0 Å². The molecule has 0 aliphatic carbocycles. The lowest BCUT2D eigenvalue weighted by atomic mass is 9.99. The molecule has 0 spiro atoms. The van der Waals surface area contributed by atoms with E-state index in [1.54, 1.807) is 36.5 Å². The number of anilines is 1. The largest absolute Gasteiger partial charge is 0.340 e. The number of carbonyl (C=O) groups is 2. The molecule has 1 aliphatic rings. The first kappa shape index (κ1) is 22.7. The molecule has 8 heteroatoms. The quantitative estimate of drug-likeness (QED) is 0.582. The van der Waals surface area contributed by atoms with Crippen LogP contribution < -0.4 is 10.6 Å². The molecule has 2 aromatic heterocycles. The Kier molecular flexibility index (Phi) is 6.55. The molecule has 0 radical (unpaired) electrons. The maximum atomic E-state index is 13.4. The molecule has 2 atom stereocenters. The van der Waals surface area contributed by atoms with E-state index >= 15 is 0 Å². The molecule has 0 saturated carbocycles. The van der Waals surface area contributed by atoms with Crippen LogP contribution in [0.25, 0.3) is 0 Å². The van der Waals surface area contributed by atoms with Gasteiger partial charge in [-0.15, -0.1) is 0 Å². The lowest BCUT2D eigenvalue weighted by molar-refractivity contribution is -0.138. The number of hydrogen-bond donors (Lipinski definition) is 2. The summed E-state index contributed by atoms with van der Waals surface area (Å²) in [5, 5.41) is 5.89. The number of nitrogens with one attached hydrogen (secondary N) is 2. The van der Waals surface area contributed by atoms with Crippen LogP contribution in [0.3, 0.4) is 0 Å². The molecule has 1 aromatic carbocycles. The summed E-state index contributed by atoms with van der Waals surface area (Å²) in [7, 11) is 1.74. The van der Waals surface area contributed by atoms with Gasteiger partial charge >= 0.3 is 0 Å². The SMILES string of the molecule is CN[C@H](C(=O)Nc1cn(C(C)(C)C(=O)N2CCC(c3ccncc3)C2)cn1)c1ccccc1. The van der Waals surface area contributed by atoms with Crippen molar-refractivity contribution in [1.82, 2.24) is 24.8 Å². The lowest BCUT2D eigenvalue weighted by Gasteiger charge is -2.30. The van der Waals surface area contributed by atoms with Gasteiger partial charge in [0.05, 0.1) is 6.33 Å².